The van der Waals surface area contributed by atoms with Gasteiger partial charge in [-0.15, -0.1) is 0 Å². The minimum Gasteiger partial charge on any atom is -0.392 e. The number of anilines is 1. The Kier molecular flexibility index (Phi) is 4.42. The van der Waals surface area contributed by atoms with Gasteiger partial charge in [0.25, 0.3) is 0 Å². The van der Waals surface area contributed by atoms with Crippen LogP contribution in [0.2, 0.25) is 0 Å². The van der Waals surface area contributed by atoms with Crippen molar-refractivity contribution in [3.63, 3.8) is 0 Å². The molecule has 0 radical (unpaired) electrons. The largest absolute Gasteiger partial charge is 0.392 e. The summed E-state index contributed by atoms with van der Waals surface area (Å²) in [7, 11) is 1.83. The lowest BCUT2D eigenvalue weighted by Crippen LogP contribution is -2.45. The predicted octanol–water partition coefficient (Wildman–Crippen LogP) is 2.29. The van der Waals surface area contributed by atoms with E-state index in [1.807, 2.05) is 14.0 Å². The summed E-state index contributed by atoms with van der Waals surface area (Å²) in [5.41, 5.74) is 6.75. The van der Waals surface area contributed by atoms with E-state index in [0.29, 0.717) is 4.99 Å². The number of hydrogen-bond donors (Lipinski definition) is 2. The van der Waals surface area contributed by atoms with E-state index in [2.05, 4.69) is 10.4 Å². The molecule has 5 nitrogen and oxygen atoms in total. The second-order valence-electron chi connectivity index (χ2n) is 5.62. The summed E-state index contributed by atoms with van der Waals surface area (Å²) in [5, 5.41) is 7.19. The van der Waals surface area contributed by atoms with E-state index < -0.39 is 5.41 Å². The molecule has 0 unspecified atom stereocenters. The predicted molar refractivity (Wildman–Crippen MR) is 83.5 cm³/mol. The molecule has 6 heteroatoms. The van der Waals surface area contributed by atoms with E-state index in [4.69, 9.17) is 18.0 Å². The van der Waals surface area contributed by atoms with Gasteiger partial charge in [0.1, 0.15) is 0 Å². The first-order chi connectivity index (χ1) is 9.45. The van der Waals surface area contributed by atoms with Crippen molar-refractivity contribution < 1.29 is 4.79 Å². The number of nitrogens with one attached hydrogen (secondary N) is 1. The van der Waals surface area contributed by atoms with Gasteiger partial charge in [0.2, 0.25) is 5.91 Å². The monoisotopic (exact) mass is 294 g/mol. The van der Waals surface area contributed by atoms with Crippen LogP contribution in [0.3, 0.4) is 0 Å². The van der Waals surface area contributed by atoms with Crippen LogP contribution in [-0.4, -0.2) is 20.7 Å². The Bertz CT molecular complexity index is 515. The van der Waals surface area contributed by atoms with Gasteiger partial charge >= 0.3 is 0 Å². The summed E-state index contributed by atoms with van der Waals surface area (Å²) < 4.78 is 1.69. The van der Waals surface area contributed by atoms with Crippen molar-refractivity contribution in [2.45, 2.75) is 45.4 Å². The molecule has 1 fully saturated rings. The fourth-order valence-corrected chi connectivity index (χ4v) is 3.18. The highest BCUT2D eigenvalue weighted by atomic mass is 32.1. The molecule has 0 bridgehead atoms. The highest BCUT2D eigenvalue weighted by molar-refractivity contribution is 7.80. The van der Waals surface area contributed by atoms with Gasteiger partial charge in [-0.3, -0.25) is 9.48 Å². The normalized spacial score (nSPS) is 18.3. The molecule has 1 aromatic rings. The van der Waals surface area contributed by atoms with Crippen LogP contribution < -0.4 is 11.1 Å². The molecule has 0 aliphatic heterocycles. The van der Waals surface area contributed by atoms with Crippen LogP contribution in [0.25, 0.3) is 0 Å². The third kappa shape index (κ3) is 2.85. The molecule has 3 N–H and O–H groups in total. The Morgan fingerprint density at radius 3 is 2.45 bits per heavy atom. The summed E-state index contributed by atoms with van der Waals surface area (Å²) >= 11 is 5.21. The van der Waals surface area contributed by atoms with Gasteiger partial charge in [-0.1, -0.05) is 37.9 Å². The zero-order valence-corrected chi connectivity index (χ0v) is 12.9. The van der Waals surface area contributed by atoms with Crippen LogP contribution in [0.1, 0.15) is 44.2 Å². The SMILES string of the molecule is Cc1nn(C)cc1NC(=O)C1(C(N)=S)CCCCCC1. The summed E-state index contributed by atoms with van der Waals surface area (Å²) in [6.45, 7) is 1.87. The van der Waals surface area contributed by atoms with Crippen molar-refractivity contribution in [3.05, 3.63) is 11.9 Å². The summed E-state index contributed by atoms with van der Waals surface area (Å²) in [4.78, 5) is 13.0. The molecule has 0 saturated heterocycles. The number of carbonyl (C=O) groups excluding carboxylic acids is 1. The minimum absolute atomic E-state index is 0.0806. The van der Waals surface area contributed by atoms with Crippen LogP contribution in [0, 0.1) is 12.3 Å². The molecule has 0 atom stereocenters. The van der Waals surface area contributed by atoms with Gasteiger partial charge in [-0.05, 0) is 19.8 Å². The Hall–Kier alpha value is -1.43. The van der Waals surface area contributed by atoms with E-state index in [1.54, 1.807) is 10.9 Å². The van der Waals surface area contributed by atoms with Crippen LogP contribution >= 0.6 is 12.2 Å². The molecule has 1 aromatic heterocycles. The third-order valence-electron chi connectivity index (χ3n) is 4.13. The molecule has 0 spiro atoms. The Morgan fingerprint density at radius 2 is 2.00 bits per heavy atom. The van der Waals surface area contributed by atoms with Gasteiger partial charge in [0.05, 0.1) is 21.8 Å². The molecular formula is C14H22N4OS. The van der Waals surface area contributed by atoms with Crippen LogP contribution in [-0.2, 0) is 11.8 Å². The van der Waals surface area contributed by atoms with E-state index in [9.17, 15) is 4.79 Å². The maximum absolute atomic E-state index is 12.7. The number of hydrogen-bond acceptors (Lipinski definition) is 3. The maximum Gasteiger partial charge on any atom is 0.237 e. The topological polar surface area (TPSA) is 72.9 Å². The molecule has 1 aliphatic rings. The highest BCUT2D eigenvalue weighted by Gasteiger charge is 2.41. The van der Waals surface area contributed by atoms with Crippen LogP contribution in [0.5, 0.6) is 0 Å². The average molecular weight is 294 g/mol. The van der Waals surface area contributed by atoms with Crippen molar-refractivity contribution in [3.8, 4) is 0 Å². The van der Waals surface area contributed by atoms with Crippen molar-refractivity contribution in [2.24, 2.45) is 18.2 Å². The lowest BCUT2D eigenvalue weighted by molar-refractivity contribution is -0.122. The maximum atomic E-state index is 12.7. The quantitative estimate of drug-likeness (QED) is 0.662. The van der Waals surface area contributed by atoms with Gasteiger partial charge in [-0.2, -0.15) is 5.10 Å². The fourth-order valence-electron chi connectivity index (χ4n) is 2.88. The second-order valence-corrected chi connectivity index (χ2v) is 6.06. The van der Waals surface area contributed by atoms with E-state index >= 15 is 0 Å². The molecule has 1 amide bonds. The van der Waals surface area contributed by atoms with Crippen LogP contribution in [0.4, 0.5) is 5.69 Å². The van der Waals surface area contributed by atoms with Crippen molar-refractivity contribution in [2.75, 3.05) is 5.32 Å². The van der Waals surface area contributed by atoms with Gasteiger partial charge in [0, 0.05) is 13.2 Å². The Labute approximate surface area is 124 Å². The molecule has 1 aliphatic carbocycles. The average Bonchev–Trinajstić information content (AvgIpc) is 2.60. The Morgan fingerprint density at radius 1 is 1.40 bits per heavy atom. The van der Waals surface area contributed by atoms with Crippen molar-refractivity contribution in [1.82, 2.24) is 9.78 Å². The first kappa shape index (κ1) is 15.0. The summed E-state index contributed by atoms with van der Waals surface area (Å²) in [5.74, 6) is -0.0806. The number of nitrogens with two attached hydrogens (primary N) is 1. The van der Waals surface area contributed by atoms with Crippen molar-refractivity contribution >= 4 is 28.8 Å². The summed E-state index contributed by atoms with van der Waals surface area (Å²) in [6.07, 6.45) is 7.57. The Balaban J connectivity index is 2.23. The number of rotatable bonds is 3. The standard InChI is InChI=1S/C14H22N4OS/c1-10-11(9-18(2)17-10)16-13(19)14(12(15)20)7-5-3-4-6-8-14/h9H,3-8H2,1-2H3,(H2,15,20)(H,16,19). The first-order valence-corrected chi connectivity index (χ1v) is 7.48. The molecule has 1 heterocycles. The molecule has 0 aromatic carbocycles. The number of aromatic nitrogens is 2. The molecule has 20 heavy (non-hydrogen) atoms. The van der Waals surface area contributed by atoms with E-state index in [0.717, 1.165) is 49.9 Å². The molecule has 2 rings (SSSR count). The summed E-state index contributed by atoms with van der Waals surface area (Å²) in [6, 6.07) is 0. The van der Waals surface area contributed by atoms with E-state index in [1.165, 1.54) is 0 Å². The number of carbonyl (C=O) groups is 1. The first-order valence-electron chi connectivity index (χ1n) is 7.07. The highest BCUT2D eigenvalue weighted by Crippen LogP contribution is 2.36. The lowest BCUT2D eigenvalue weighted by atomic mass is 9.79. The van der Waals surface area contributed by atoms with Gasteiger partial charge in [0.15, 0.2) is 0 Å². The van der Waals surface area contributed by atoms with Gasteiger partial charge < -0.3 is 11.1 Å². The van der Waals surface area contributed by atoms with Crippen molar-refractivity contribution in [1.29, 1.82) is 0 Å². The second kappa shape index (κ2) is 5.91. The smallest absolute Gasteiger partial charge is 0.237 e. The van der Waals surface area contributed by atoms with Crippen LogP contribution in [0.15, 0.2) is 6.20 Å². The number of aryl methyl sites for hydroxylation is 2. The molecule has 110 valence electrons. The molecule has 1 saturated carbocycles. The number of thiocarbonyl (C=S) groups is 1. The fraction of sp³-hybridized carbons (Fsp3) is 0.643. The third-order valence-corrected chi connectivity index (χ3v) is 4.52. The number of amides is 1. The van der Waals surface area contributed by atoms with Gasteiger partial charge in [-0.25, -0.2) is 0 Å². The minimum atomic E-state index is -0.700. The zero-order valence-electron chi connectivity index (χ0n) is 12.1. The van der Waals surface area contributed by atoms with E-state index in [-0.39, 0.29) is 5.91 Å². The number of nitrogens with zero attached hydrogens (tertiary/aromatic N) is 2. The molecular weight excluding hydrogens is 272 g/mol. The lowest BCUT2D eigenvalue weighted by Gasteiger charge is -2.30. The zero-order chi connectivity index (χ0) is 14.8.